The Hall–Kier alpha value is -4.27. The number of ketones is 1. The summed E-state index contributed by atoms with van der Waals surface area (Å²) in [6, 6.07) is 10.3. The first-order valence-corrected chi connectivity index (χ1v) is 17.9. The van der Waals surface area contributed by atoms with Gasteiger partial charge in [-0.05, 0) is 68.7 Å². The van der Waals surface area contributed by atoms with Crippen molar-refractivity contribution in [2.75, 3.05) is 37.0 Å². The lowest BCUT2D eigenvalue weighted by atomic mass is 9.81. The predicted octanol–water partition coefficient (Wildman–Crippen LogP) is 4.08. The summed E-state index contributed by atoms with van der Waals surface area (Å²) in [5.74, 6) is -2.60. The number of fused-ring (bicyclic) bond motifs is 5. The number of esters is 1. The van der Waals surface area contributed by atoms with Crippen LogP contribution in [0.2, 0.25) is 5.02 Å². The van der Waals surface area contributed by atoms with Gasteiger partial charge in [-0.3, -0.25) is 19.7 Å². The molecule has 0 saturated carbocycles. The highest BCUT2D eigenvalue weighted by Gasteiger charge is 2.64. The van der Waals surface area contributed by atoms with E-state index in [2.05, 4.69) is 5.32 Å². The van der Waals surface area contributed by atoms with Gasteiger partial charge in [0.15, 0.2) is 11.5 Å². The molecule has 14 heteroatoms. The van der Waals surface area contributed by atoms with Crippen molar-refractivity contribution in [3.8, 4) is 0 Å². The smallest absolute Gasteiger partial charge is 0.409 e. The van der Waals surface area contributed by atoms with E-state index in [0.717, 1.165) is 11.1 Å². The van der Waals surface area contributed by atoms with Crippen LogP contribution in [0.4, 0.5) is 16.2 Å². The summed E-state index contributed by atoms with van der Waals surface area (Å²) in [6.45, 7) is 5.82. The maximum atomic E-state index is 14.1. The number of halogens is 1. The fourth-order valence-electron chi connectivity index (χ4n) is 7.13. The molecule has 3 aliphatic heterocycles. The van der Waals surface area contributed by atoms with E-state index in [4.69, 9.17) is 25.8 Å². The number of carbonyl (C=O) groups excluding carboxylic acids is 4. The number of hydrogen-bond donors (Lipinski definition) is 4. The Morgan fingerprint density at radius 3 is 2.51 bits per heavy atom. The number of nitrogens with zero attached hydrogens (tertiary/aromatic N) is 2. The molecule has 286 valence electrons. The van der Waals surface area contributed by atoms with Crippen LogP contribution in [0.25, 0.3) is 0 Å². The van der Waals surface area contributed by atoms with Gasteiger partial charge in [0.2, 0.25) is 5.91 Å². The number of hydrogen-bond acceptors (Lipinski definition) is 11. The number of epoxide rings is 1. The van der Waals surface area contributed by atoms with Crippen molar-refractivity contribution in [2.45, 2.75) is 83.2 Å². The lowest BCUT2D eigenvalue weighted by Crippen LogP contribution is -2.62. The topological polar surface area (TPSA) is 178 Å². The van der Waals surface area contributed by atoms with Gasteiger partial charge in [0, 0.05) is 43.6 Å². The molecular weight excluding hydrogens is 706 g/mol. The number of allylic oxidation sites excluding steroid dienone is 3. The first-order chi connectivity index (χ1) is 25.0. The summed E-state index contributed by atoms with van der Waals surface area (Å²) in [4.78, 5) is 55.2. The van der Waals surface area contributed by atoms with Crippen LogP contribution < -0.4 is 15.1 Å². The summed E-state index contributed by atoms with van der Waals surface area (Å²) in [6.07, 6.45) is 1.65. The molecule has 3 heterocycles. The molecule has 2 aromatic rings. The van der Waals surface area contributed by atoms with Crippen molar-refractivity contribution < 1.29 is 48.7 Å². The zero-order valence-electron chi connectivity index (χ0n) is 30.8. The average molecular weight is 754 g/mol. The maximum absolute atomic E-state index is 14.1. The van der Waals surface area contributed by atoms with E-state index in [9.17, 15) is 34.5 Å². The number of aliphatic hydroxyl groups excluding tert-OH is 2. The van der Waals surface area contributed by atoms with Crippen LogP contribution in [0, 0.1) is 11.8 Å². The highest BCUT2D eigenvalue weighted by atomic mass is 35.5. The molecule has 0 spiro atoms. The van der Waals surface area contributed by atoms with E-state index in [0.29, 0.717) is 28.9 Å². The van der Waals surface area contributed by atoms with Crippen molar-refractivity contribution in [1.29, 1.82) is 0 Å². The van der Waals surface area contributed by atoms with Crippen LogP contribution >= 0.6 is 11.6 Å². The minimum atomic E-state index is -1.85. The fraction of sp³-hybridized carbons (Fsp3) is 0.487. The molecular formula is C39H48ClN3O10. The standard InChI is InChI=1S/C39H48ClN3O10/c1-22-8-7-9-28(21-45)39(50)18-31(51-37(49)41-39)23(2)36-38(4,53-36)32(52-34(48)19-42(5)29-12-10-26(11-13-29)24(3)46)17-33(47)43(6)30-16-25(14-22)15-27(20-44)35(30)40/h7-13,15-16,23,28,31-32,36,44-45,50H,14,17-21H2,1-6H3,(H,41,49)/b9-7+,22-8+/t23-,28+,31+,32+,36+,38+,39+/m1/s1. The lowest BCUT2D eigenvalue weighted by molar-refractivity contribution is -0.152. The van der Waals surface area contributed by atoms with E-state index in [1.807, 2.05) is 13.0 Å². The zero-order valence-corrected chi connectivity index (χ0v) is 31.6. The second kappa shape index (κ2) is 16.0. The molecule has 0 radical (unpaired) electrons. The molecule has 3 aliphatic rings. The quantitative estimate of drug-likeness (QED) is 0.182. The second-order valence-corrected chi connectivity index (χ2v) is 14.9. The van der Waals surface area contributed by atoms with Crippen LogP contribution in [-0.2, 0) is 36.8 Å². The Bertz CT molecular complexity index is 1800. The third-order valence-electron chi connectivity index (χ3n) is 10.5. The number of ether oxygens (including phenoxy) is 3. The Morgan fingerprint density at radius 1 is 1.17 bits per heavy atom. The van der Waals surface area contributed by atoms with Gasteiger partial charge >= 0.3 is 12.1 Å². The number of benzene rings is 2. The van der Waals surface area contributed by atoms with Gasteiger partial charge in [-0.15, -0.1) is 0 Å². The summed E-state index contributed by atoms with van der Waals surface area (Å²) in [5.41, 5.74) is 0.570. The van der Waals surface area contributed by atoms with Gasteiger partial charge in [-0.25, -0.2) is 4.79 Å². The molecule has 4 N–H and O–H groups in total. The summed E-state index contributed by atoms with van der Waals surface area (Å²) < 4.78 is 17.9. The largest absolute Gasteiger partial charge is 0.457 e. The average Bonchev–Trinajstić information content (AvgIpc) is 3.81. The van der Waals surface area contributed by atoms with E-state index in [1.54, 1.807) is 81.4 Å². The van der Waals surface area contributed by atoms with Gasteiger partial charge < -0.3 is 39.3 Å². The number of Topliss-reactive ketones (excluding diaryl/α,β-unsaturated/α-hetero) is 1. The number of amides is 2. The van der Waals surface area contributed by atoms with Crippen molar-refractivity contribution in [3.63, 3.8) is 0 Å². The van der Waals surface area contributed by atoms with E-state index in [1.165, 1.54) is 11.8 Å². The molecule has 2 aromatic carbocycles. The highest BCUT2D eigenvalue weighted by Crippen LogP contribution is 2.49. The van der Waals surface area contributed by atoms with Gasteiger partial charge in [-0.2, -0.15) is 0 Å². The van der Waals surface area contributed by atoms with E-state index >= 15 is 0 Å². The van der Waals surface area contributed by atoms with Crippen molar-refractivity contribution in [3.05, 3.63) is 81.9 Å². The summed E-state index contributed by atoms with van der Waals surface area (Å²) in [5, 5.41) is 34.8. The molecule has 13 nitrogen and oxygen atoms in total. The number of likely N-dealkylation sites (N-methyl/N-ethyl adjacent to an activating group) is 1. The number of alkyl carbamates (subject to hydrolysis) is 1. The third-order valence-corrected chi connectivity index (χ3v) is 10.9. The molecule has 2 amide bonds. The molecule has 7 atom stereocenters. The number of anilines is 2. The van der Waals surface area contributed by atoms with Gasteiger partial charge in [0.1, 0.15) is 24.4 Å². The summed E-state index contributed by atoms with van der Waals surface area (Å²) >= 11 is 6.71. The molecule has 0 aromatic heterocycles. The minimum absolute atomic E-state index is 0.0816. The normalized spacial score (nSPS) is 30.6. The molecule has 2 fully saturated rings. The minimum Gasteiger partial charge on any atom is -0.457 e. The maximum Gasteiger partial charge on any atom is 0.409 e. The number of aliphatic hydroxyl groups is 3. The first kappa shape index (κ1) is 39.9. The monoisotopic (exact) mass is 753 g/mol. The fourth-order valence-corrected chi connectivity index (χ4v) is 7.42. The Kier molecular flexibility index (Phi) is 12.0. The van der Waals surface area contributed by atoms with Gasteiger partial charge in [0.05, 0.1) is 36.4 Å². The molecule has 5 rings (SSSR count). The summed E-state index contributed by atoms with van der Waals surface area (Å²) in [7, 11) is 3.25. The molecule has 0 unspecified atom stereocenters. The first-order valence-electron chi connectivity index (χ1n) is 17.5. The van der Waals surface area contributed by atoms with Crippen molar-refractivity contribution in [2.24, 2.45) is 11.8 Å². The van der Waals surface area contributed by atoms with E-state index in [-0.39, 0.29) is 36.8 Å². The Balaban J connectivity index is 1.50. The molecule has 0 aliphatic carbocycles. The second-order valence-electron chi connectivity index (χ2n) is 14.5. The molecule has 4 bridgehead atoms. The van der Waals surface area contributed by atoms with E-state index < -0.39 is 66.1 Å². The molecule has 2 saturated heterocycles. The van der Waals surface area contributed by atoms with Crippen LogP contribution in [-0.4, -0.2) is 96.0 Å². The zero-order chi connectivity index (χ0) is 38.8. The van der Waals surface area contributed by atoms with Crippen LogP contribution in [0.3, 0.4) is 0 Å². The van der Waals surface area contributed by atoms with Crippen molar-refractivity contribution >= 4 is 46.7 Å². The van der Waals surface area contributed by atoms with Gasteiger partial charge in [-0.1, -0.05) is 48.4 Å². The van der Waals surface area contributed by atoms with Crippen LogP contribution in [0.15, 0.2) is 60.2 Å². The predicted molar refractivity (Wildman–Crippen MR) is 198 cm³/mol. The van der Waals surface area contributed by atoms with Crippen molar-refractivity contribution in [1.82, 2.24) is 5.32 Å². The lowest BCUT2D eigenvalue weighted by Gasteiger charge is -2.42. The Labute approximate surface area is 314 Å². The van der Waals surface area contributed by atoms with Gasteiger partial charge in [0.25, 0.3) is 0 Å². The Morgan fingerprint density at radius 2 is 1.87 bits per heavy atom. The van der Waals surface area contributed by atoms with Crippen LogP contribution in [0.5, 0.6) is 0 Å². The third kappa shape index (κ3) is 8.76. The SMILES string of the molecule is CC(=O)c1ccc(N(C)CC(=O)O[C@H]2CC(=O)N(C)c3cc(cc(CO)c3Cl)C/C(C)=C/C=C/[C@@H](CO)[C@@]3(O)C[C@H](OC(=O)N3)[C@@H](C)[C@@H]3O[C@@]23C)cc1. The molecule has 53 heavy (non-hydrogen) atoms. The number of carbonyl (C=O) groups is 4. The van der Waals surface area contributed by atoms with Crippen LogP contribution in [0.1, 0.15) is 62.0 Å². The number of rotatable bonds is 7. The highest BCUT2D eigenvalue weighted by molar-refractivity contribution is 6.34. The number of nitrogens with one attached hydrogen (secondary N) is 1.